The first-order chi connectivity index (χ1) is 35.1. The third-order valence-corrected chi connectivity index (χ3v) is 18.8. The van der Waals surface area contributed by atoms with Gasteiger partial charge in [-0.05, 0) is 74.3 Å². The predicted molar refractivity (Wildman–Crippen MR) is 277 cm³/mol. The van der Waals surface area contributed by atoms with Crippen molar-refractivity contribution in [3.05, 3.63) is 242 Å². The number of hydrogen-bond acceptors (Lipinski definition) is 1. The highest BCUT2D eigenvalue weighted by atomic mass is 32.1. The number of rotatable bonds is 7. The number of fused-ring (bicyclic) bond motifs is 10. The van der Waals surface area contributed by atoms with E-state index in [0.717, 1.165) is 58.8 Å². The average molecular weight is 857 g/mol. The van der Waals surface area contributed by atoms with Gasteiger partial charge in [-0.25, -0.2) is 0 Å². The minimum Gasteiger partial charge on any atom is -0.309 e. The molecule has 0 amide bonds. The van der Waals surface area contributed by atoms with Crippen molar-refractivity contribution in [2.45, 2.75) is 0 Å². The van der Waals surface area contributed by atoms with E-state index in [2.05, 4.69) is 168 Å². The Morgan fingerprint density at radius 2 is 0.938 bits per heavy atom. The van der Waals surface area contributed by atoms with Gasteiger partial charge in [-0.1, -0.05) is 200 Å². The Labute approximate surface area is 387 Å². The monoisotopic (exact) mass is 856 g/mol. The van der Waals surface area contributed by atoms with Gasteiger partial charge in [0.1, 0.15) is 0 Å². The predicted octanol–water partition coefficient (Wildman–Crippen LogP) is 13.3. The molecule has 0 spiro atoms. The van der Waals surface area contributed by atoms with E-state index >= 15 is 0 Å². The number of benzene rings is 10. The molecule has 0 saturated heterocycles. The lowest BCUT2D eigenvalue weighted by molar-refractivity contribution is 1.18. The summed E-state index contributed by atoms with van der Waals surface area (Å²) in [6.07, 6.45) is 0. The summed E-state index contributed by atoms with van der Waals surface area (Å²) in [7, 11) is -3.10. The number of para-hydroxylation sites is 3. The molecule has 0 aliphatic carbocycles. The molecule has 300 valence electrons. The van der Waals surface area contributed by atoms with Gasteiger partial charge in [-0.2, -0.15) is 0 Å². The van der Waals surface area contributed by atoms with Crippen LogP contribution >= 0.6 is 11.3 Å². The summed E-state index contributed by atoms with van der Waals surface area (Å²) in [5.74, 6) is 0. The fourth-order valence-electron chi connectivity index (χ4n) is 10.2. The van der Waals surface area contributed by atoms with E-state index in [9.17, 15) is 5.48 Å². The lowest BCUT2D eigenvalue weighted by atomic mass is 10.1. The second-order valence-corrected chi connectivity index (χ2v) is 21.1. The van der Waals surface area contributed by atoms with Crippen LogP contribution in [0.4, 0.5) is 0 Å². The van der Waals surface area contributed by atoms with E-state index < -0.39 is 32.2 Å². The zero-order chi connectivity index (χ0) is 49.2. The van der Waals surface area contributed by atoms with E-state index in [1.54, 1.807) is 15.9 Å². The molecule has 0 aliphatic heterocycles. The maximum absolute atomic E-state index is 9.41. The second-order valence-electron chi connectivity index (χ2n) is 16.2. The van der Waals surface area contributed by atoms with Gasteiger partial charge >= 0.3 is 0 Å². The lowest BCUT2D eigenvalue weighted by Gasteiger charge is -2.35. The molecule has 13 aromatic rings. The van der Waals surface area contributed by atoms with Gasteiger partial charge in [0.2, 0.25) is 0 Å². The minimum absolute atomic E-state index is 0.0513. The summed E-state index contributed by atoms with van der Waals surface area (Å²) in [5, 5.41) is 8.79. The van der Waals surface area contributed by atoms with Crippen molar-refractivity contribution in [1.82, 2.24) is 9.13 Å². The Morgan fingerprint density at radius 3 is 1.64 bits per heavy atom. The highest BCUT2D eigenvalue weighted by Crippen LogP contribution is 2.47. The first kappa shape index (κ1) is 29.5. The fourth-order valence-corrected chi connectivity index (χ4v) is 16.3. The quantitative estimate of drug-likeness (QED) is 0.112. The summed E-state index contributed by atoms with van der Waals surface area (Å²) < 4.78 is 78.2. The summed E-state index contributed by atoms with van der Waals surface area (Å²) in [6, 6.07) is 65.8. The lowest BCUT2D eigenvalue weighted by Crippen LogP contribution is -2.74. The van der Waals surface area contributed by atoms with E-state index in [4.69, 9.17) is 5.48 Å². The number of nitrogens with zero attached hydrogens (tertiary/aromatic N) is 2. The topological polar surface area (TPSA) is 9.86 Å². The first-order valence-electron chi connectivity index (χ1n) is 25.4. The van der Waals surface area contributed by atoms with E-state index in [-0.39, 0.29) is 46.0 Å². The van der Waals surface area contributed by atoms with Crippen LogP contribution in [0.1, 0.15) is 11.0 Å². The highest BCUT2D eigenvalue weighted by Gasteiger charge is 2.42. The molecular weight excluding hydrogens is 809 g/mol. The van der Waals surface area contributed by atoms with Gasteiger partial charge in [-0.3, -0.25) is 0 Å². The Bertz CT molecular complexity index is 4260. The molecule has 64 heavy (non-hydrogen) atoms. The smallest absolute Gasteiger partial charge is 0.179 e. The molecule has 0 atom stereocenters. The molecule has 13 rings (SSSR count). The molecule has 4 heteroatoms. The van der Waals surface area contributed by atoms with Crippen LogP contribution in [-0.4, -0.2) is 17.2 Å². The van der Waals surface area contributed by atoms with Crippen LogP contribution in [0.15, 0.2) is 242 Å². The molecule has 10 aromatic carbocycles. The maximum atomic E-state index is 9.41. The largest absolute Gasteiger partial charge is 0.309 e. The first-order valence-corrected chi connectivity index (χ1v) is 24.2. The summed E-state index contributed by atoms with van der Waals surface area (Å²) in [5.41, 5.74) is 5.92. The van der Waals surface area contributed by atoms with Crippen molar-refractivity contribution < 1.29 is 11.0 Å². The Morgan fingerprint density at radius 1 is 0.391 bits per heavy atom. The average Bonchev–Trinajstić information content (AvgIpc) is 4.10. The van der Waals surface area contributed by atoms with Gasteiger partial charge in [0.15, 0.2) is 8.07 Å². The summed E-state index contributed by atoms with van der Waals surface area (Å²) in [6.45, 7) is 0. The van der Waals surface area contributed by atoms with Gasteiger partial charge in [0.05, 0.1) is 43.4 Å². The molecule has 0 N–H and O–H groups in total. The molecule has 0 aliphatic rings. The van der Waals surface area contributed by atoms with Crippen LogP contribution in [0.3, 0.4) is 0 Å². The number of aromatic nitrogens is 2. The maximum Gasteiger partial charge on any atom is 0.179 e. The Balaban J connectivity index is 1.17. The zero-order valence-corrected chi connectivity index (χ0v) is 36.1. The Hall–Kier alpha value is -7.76. The van der Waals surface area contributed by atoms with Crippen molar-refractivity contribution in [2.24, 2.45) is 0 Å². The molecule has 0 radical (unpaired) electrons. The molecule has 0 saturated carbocycles. The highest BCUT2D eigenvalue weighted by molar-refractivity contribution is 7.26. The van der Waals surface area contributed by atoms with E-state index in [0.29, 0.717) is 5.69 Å². The van der Waals surface area contributed by atoms with Crippen LogP contribution in [0.25, 0.3) is 86.3 Å². The molecule has 3 aromatic heterocycles. The van der Waals surface area contributed by atoms with Crippen molar-refractivity contribution >= 4 is 104 Å². The van der Waals surface area contributed by atoms with Crippen LogP contribution in [0, 0.1) is 0 Å². The third-order valence-electron chi connectivity index (χ3n) is 12.9. The third kappa shape index (κ3) is 5.43. The van der Waals surface area contributed by atoms with Crippen LogP contribution in [-0.2, 0) is 0 Å². The summed E-state index contributed by atoms with van der Waals surface area (Å²) >= 11 is 1.55. The van der Waals surface area contributed by atoms with Crippen LogP contribution < -0.4 is 20.7 Å². The normalized spacial score (nSPS) is 13.8. The van der Waals surface area contributed by atoms with Gasteiger partial charge in [-0.15, -0.1) is 11.3 Å². The van der Waals surface area contributed by atoms with Crippen molar-refractivity contribution in [3.63, 3.8) is 0 Å². The standard InChI is InChI=1S/C60H40N2SSi/c1-4-20-41(21-5-1)42-22-18-28-46(38-42)64(44-24-6-2-7-25-44,45-26-8-3-9-27-45)47-29-19-23-43(39-47)61-53-34-14-12-32-50(53)52-40-56(60-58(59(52)61)51-33-13-17-37-57(51)63-60)62-54-35-15-10-30-48(54)49-31-11-16-36-55(49)62/h1-40H/i10D,11D,15D,16D,30D,31D,35D,36D. The van der Waals surface area contributed by atoms with Crippen LogP contribution in [0.5, 0.6) is 0 Å². The van der Waals surface area contributed by atoms with Crippen LogP contribution in [0.2, 0.25) is 0 Å². The Kier molecular flexibility index (Phi) is 6.77. The molecule has 2 nitrogen and oxygen atoms in total. The number of thiophene rings is 1. The van der Waals surface area contributed by atoms with Crippen molar-refractivity contribution in [2.75, 3.05) is 0 Å². The number of hydrogen-bond donors (Lipinski definition) is 0. The SMILES string of the molecule is [2H]c1c([2H])c([2H])c2c(c1[2H])c1c([2H])c([2H])c([2H])c([2H])c1n2-c1cc2c3ccccc3n(-c3cccc([Si](c4ccccc4)(c4ccccc4)c4cccc(-c5ccccc5)c4)c3)c2c2c1sc1ccccc12. The van der Waals surface area contributed by atoms with Gasteiger partial charge in [0, 0.05) is 42.7 Å². The van der Waals surface area contributed by atoms with Gasteiger partial charge < -0.3 is 9.13 Å². The van der Waals surface area contributed by atoms with Crippen molar-refractivity contribution in [3.8, 4) is 22.5 Å². The van der Waals surface area contributed by atoms with E-state index in [1.807, 2.05) is 30.3 Å². The molecule has 0 bridgehead atoms. The second kappa shape index (κ2) is 14.7. The molecule has 0 unspecified atom stereocenters. The molecule has 3 heterocycles. The fraction of sp³-hybridized carbons (Fsp3) is 0. The van der Waals surface area contributed by atoms with Crippen molar-refractivity contribution in [1.29, 1.82) is 0 Å². The van der Waals surface area contributed by atoms with E-state index in [1.165, 1.54) is 20.7 Å². The van der Waals surface area contributed by atoms with Gasteiger partial charge in [0.25, 0.3) is 0 Å². The summed E-state index contributed by atoms with van der Waals surface area (Å²) in [4.78, 5) is 0. The zero-order valence-electron chi connectivity index (χ0n) is 42.3. The minimum atomic E-state index is -3.10. The molecular formula is C60H40N2SSi. The molecule has 0 fully saturated rings.